The molecular weight excluding hydrogens is 320 g/mol. The van der Waals surface area contributed by atoms with E-state index in [0.717, 1.165) is 25.9 Å². The average molecular weight is 342 g/mol. The fourth-order valence-corrected chi connectivity index (χ4v) is 4.12. The van der Waals surface area contributed by atoms with Crippen molar-refractivity contribution < 1.29 is 9.53 Å². The maximum atomic E-state index is 12.6. The highest BCUT2D eigenvalue weighted by molar-refractivity contribution is 5.92. The quantitative estimate of drug-likeness (QED) is 0.762. The summed E-state index contributed by atoms with van der Waals surface area (Å²) in [6.07, 6.45) is 1.79. The topological polar surface area (TPSA) is 96.1 Å². The number of aromatic nitrogens is 2. The average Bonchev–Trinajstić information content (AvgIpc) is 3.08. The van der Waals surface area contributed by atoms with Crippen LogP contribution in [0.3, 0.4) is 0 Å². The highest BCUT2D eigenvalue weighted by atomic mass is 16.5. The van der Waals surface area contributed by atoms with Crippen molar-refractivity contribution in [3.8, 4) is 0 Å². The number of para-hydroxylation sites is 1. The summed E-state index contributed by atoms with van der Waals surface area (Å²) in [5.41, 5.74) is 0.214. The van der Waals surface area contributed by atoms with E-state index in [2.05, 4.69) is 20.6 Å². The van der Waals surface area contributed by atoms with Gasteiger partial charge in [-0.2, -0.15) is 0 Å². The maximum absolute atomic E-state index is 12.6. The van der Waals surface area contributed by atoms with Crippen molar-refractivity contribution in [3.63, 3.8) is 0 Å². The number of benzene rings is 1. The van der Waals surface area contributed by atoms with Gasteiger partial charge in [0.25, 0.3) is 11.5 Å². The number of aromatic amines is 1. The summed E-state index contributed by atoms with van der Waals surface area (Å²) in [6.45, 7) is 2.00. The number of carbonyl (C=O) groups is 1. The van der Waals surface area contributed by atoms with Gasteiger partial charge in [-0.05, 0) is 49.9 Å². The lowest BCUT2D eigenvalue weighted by atomic mass is 9.77. The minimum absolute atomic E-state index is 0.0164. The largest absolute Gasteiger partial charge is 0.379 e. The Morgan fingerprint density at radius 2 is 2.00 bits per heavy atom. The highest BCUT2D eigenvalue weighted by Crippen LogP contribution is 2.34. The third-order valence-electron chi connectivity index (χ3n) is 5.47. The second-order valence-corrected chi connectivity index (χ2v) is 6.94. The Hall–Kier alpha value is -2.25. The van der Waals surface area contributed by atoms with Gasteiger partial charge in [-0.1, -0.05) is 12.1 Å². The normalized spacial score (nSPS) is 28.7. The first-order chi connectivity index (χ1) is 12.2. The molecule has 1 aromatic heterocycles. The zero-order chi connectivity index (χ0) is 17.4. The van der Waals surface area contributed by atoms with E-state index in [-0.39, 0.29) is 29.4 Å². The molecule has 0 spiro atoms. The van der Waals surface area contributed by atoms with Crippen LogP contribution in [0.2, 0.25) is 0 Å². The lowest BCUT2D eigenvalue weighted by Crippen LogP contribution is -2.50. The summed E-state index contributed by atoms with van der Waals surface area (Å²) in [5.74, 6) is 0.849. The minimum Gasteiger partial charge on any atom is -0.379 e. The van der Waals surface area contributed by atoms with Gasteiger partial charge in [-0.15, -0.1) is 0 Å². The van der Waals surface area contributed by atoms with Crippen LogP contribution in [0.5, 0.6) is 0 Å². The molecule has 0 radical (unpaired) electrons. The monoisotopic (exact) mass is 342 g/mol. The Morgan fingerprint density at radius 3 is 2.80 bits per heavy atom. The first-order valence-corrected chi connectivity index (χ1v) is 8.69. The second kappa shape index (κ2) is 6.57. The first kappa shape index (κ1) is 16.2. The van der Waals surface area contributed by atoms with E-state index in [1.165, 1.54) is 0 Å². The van der Waals surface area contributed by atoms with Gasteiger partial charge in [0.15, 0.2) is 5.82 Å². The van der Waals surface area contributed by atoms with Gasteiger partial charge < -0.3 is 20.4 Å². The molecule has 4 atom stereocenters. The smallest absolute Gasteiger partial charge is 0.287 e. The van der Waals surface area contributed by atoms with Crippen LogP contribution >= 0.6 is 0 Å². The van der Waals surface area contributed by atoms with Gasteiger partial charge in [0.2, 0.25) is 0 Å². The predicted octanol–water partition coefficient (Wildman–Crippen LogP) is 0.666. The van der Waals surface area contributed by atoms with E-state index in [1.807, 2.05) is 0 Å². The number of methoxy groups -OCH3 is 1. The molecule has 1 aliphatic carbocycles. The number of rotatable bonds is 3. The number of hydrogen-bond donors (Lipinski definition) is 3. The fourth-order valence-electron chi connectivity index (χ4n) is 4.12. The number of H-pyrrole nitrogens is 1. The summed E-state index contributed by atoms with van der Waals surface area (Å²) in [4.78, 5) is 31.7. The molecule has 25 heavy (non-hydrogen) atoms. The van der Waals surface area contributed by atoms with Gasteiger partial charge >= 0.3 is 0 Å². The maximum Gasteiger partial charge on any atom is 0.287 e. The predicted molar refractivity (Wildman–Crippen MR) is 93.5 cm³/mol. The molecule has 1 aliphatic heterocycles. The van der Waals surface area contributed by atoms with Crippen LogP contribution in [0.4, 0.5) is 0 Å². The molecule has 2 aliphatic rings. The fraction of sp³-hybridized carbons (Fsp3) is 0.500. The number of hydrogen-bond acceptors (Lipinski definition) is 5. The standard InChI is InChI=1S/C18H22N4O3/c1-25-15-7-11-9-19-8-10(11)6-14(15)21-18(24)16-20-13-5-3-2-4-12(13)17(23)22-16/h2-5,10-11,14-15,19H,6-9H2,1H3,(H,21,24)(H,20,22,23)/t10-,11+,14-,15-/m0/s1. The summed E-state index contributed by atoms with van der Waals surface area (Å²) in [6, 6.07) is 6.92. The summed E-state index contributed by atoms with van der Waals surface area (Å²) in [7, 11) is 1.68. The number of ether oxygens (including phenoxy) is 1. The zero-order valence-corrected chi connectivity index (χ0v) is 14.1. The molecule has 4 rings (SSSR count). The second-order valence-electron chi connectivity index (χ2n) is 6.94. The number of nitrogens with zero attached hydrogens (tertiary/aromatic N) is 1. The summed E-state index contributed by atoms with van der Waals surface area (Å²) >= 11 is 0. The van der Waals surface area contributed by atoms with Crippen LogP contribution in [0.15, 0.2) is 29.1 Å². The Balaban J connectivity index is 1.56. The molecule has 1 saturated heterocycles. The van der Waals surface area contributed by atoms with E-state index >= 15 is 0 Å². The molecule has 0 bridgehead atoms. The van der Waals surface area contributed by atoms with Crippen LogP contribution in [-0.4, -0.2) is 48.2 Å². The minimum atomic E-state index is -0.362. The SMILES string of the molecule is CO[C@H]1C[C@@H]2CNC[C@@H]2C[C@@H]1NC(=O)c1nc2ccccc2c(=O)[nH]1. The summed E-state index contributed by atoms with van der Waals surface area (Å²) in [5, 5.41) is 6.91. The van der Waals surface area contributed by atoms with Crippen molar-refractivity contribution in [3.05, 3.63) is 40.4 Å². The lowest BCUT2D eigenvalue weighted by Gasteiger charge is -2.37. The van der Waals surface area contributed by atoms with Crippen molar-refractivity contribution in [1.82, 2.24) is 20.6 Å². The molecule has 2 aromatic rings. The molecule has 3 N–H and O–H groups in total. The third-order valence-corrected chi connectivity index (χ3v) is 5.47. The summed E-state index contributed by atoms with van der Waals surface area (Å²) < 4.78 is 5.61. The van der Waals surface area contributed by atoms with E-state index in [9.17, 15) is 9.59 Å². The molecule has 1 saturated carbocycles. The van der Waals surface area contributed by atoms with Gasteiger partial charge in [-0.3, -0.25) is 9.59 Å². The molecule has 1 amide bonds. The Kier molecular flexibility index (Phi) is 4.27. The van der Waals surface area contributed by atoms with Gasteiger partial charge in [0.05, 0.1) is 23.0 Å². The van der Waals surface area contributed by atoms with E-state index in [4.69, 9.17) is 4.74 Å². The lowest BCUT2D eigenvalue weighted by molar-refractivity contribution is 0.0124. The van der Waals surface area contributed by atoms with Crippen molar-refractivity contribution in [1.29, 1.82) is 0 Å². The van der Waals surface area contributed by atoms with E-state index < -0.39 is 0 Å². The Labute approximate surface area is 145 Å². The van der Waals surface area contributed by atoms with Crippen LogP contribution in [0.1, 0.15) is 23.5 Å². The van der Waals surface area contributed by atoms with Crippen molar-refractivity contribution in [2.45, 2.75) is 25.0 Å². The van der Waals surface area contributed by atoms with Crippen LogP contribution in [0.25, 0.3) is 10.9 Å². The van der Waals surface area contributed by atoms with E-state index in [1.54, 1.807) is 31.4 Å². The molecule has 1 aromatic carbocycles. The Bertz CT molecular complexity index is 850. The van der Waals surface area contributed by atoms with Crippen LogP contribution in [-0.2, 0) is 4.74 Å². The molecule has 2 fully saturated rings. The molecule has 7 heteroatoms. The number of nitrogens with one attached hydrogen (secondary N) is 3. The molecule has 2 heterocycles. The Morgan fingerprint density at radius 1 is 1.24 bits per heavy atom. The highest BCUT2D eigenvalue weighted by Gasteiger charge is 2.40. The van der Waals surface area contributed by atoms with E-state index in [0.29, 0.717) is 22.7 Å². The van der Waals surface area contributed by atoms with Crippen LogP contribution < -0.4 is 16.2 Å². The third kappa shape index (κ3) is 3.05. The van der Waals surface area contributed by atoms with Gasteiger partial charge in [0, 0.05) is 7.11 Å². The molecular formula is C18H22N4O3. The number of carbonyl (C=O) groups excluding carboxylic acids is 1. The van der Waals surface area contributed by atoms with Gasteiger partial charge in [0.1, 0.15) is 0 Å². The zero-order valence-electron chi connectivity index (χ0n) is 14.1. The molecule has 132 valence electrons. The molecule has 0 unspecified atom stereocenters. The first-order valence-electron chi connectivity index (χ1n) is 8.69. The van der Waals surface area contributed by atoms with Crippen molar-refractivity contribution in [2.75, 3.05) is 20.2 Å². The van der Waals surface area contributed by atoms with Gasteiger partial charge in [-0.25, -0.2) is 4.98 Å². The van der Waals surface area contributed by atoms with Crippen molar-refractivity contribution >= 4 is 16.8 Å². The number of fused-ring (bicyclic) bond motifs is 2. The van der Waals surface area contributed by atoms with Crippen molar-refractivity contribution in [2.24, 2.45) is 11.8 Å². The van der Waals surface area contributed by atoms with Crippen LogP contribution in [0, 0.1) is 11.8 Å². The number of amides is 1. The molecule has 7 nitrogen and oxygen atoms in total.